The van der Waals surface area contributed by atoms with Gasteiger partial charge in [-0.25, -0.2) is 4.85 Å². The van der Waals surface area contributed by atoms with E-state index in [-0.39, 0.29) is 5.75 Å². The van der Waals surface area contributed by atoms with Crippen molar-refractivity contribution in [2.75, 3.05) is 0 Å². The fourth-order valence-electron chi connectivity index (χ4n) is 3.61. The summed E-state index contributed by atoms with van der Waals surface area (Å²) in [6, 6.07) is 25.4. The zero-order valence-corrected chi connectivity index (χ0v) is 16.7. The molecule has 0 aliphatic carbocycles. The van der Waals surface area contributed by atoms with E-state index >= 15 is 0 Å². The summed E-state index contributed by atoms with van der Waals surface area (Å²) < 4.78 is 6.45. The molecule has 0 radical (unpaired) electrons. The van der Waals surface area contributed by atoms with E-state index in [2.05, 4.69) is 30.0 Å². The molecule has 3 heteroatoms. The molecule has 3 nitrogen and oxygen atoms in total. The van der Waals surface area contributed by atoms with Crippen molar-refractivity contribution < 1.29 is 9.84 Å². The lowest BCUT2D eigenvalue weighted by Gasteiger charge is -2.18. The third kappa shape index (κ3) is 3.90. The quantitative estimate of drug-likeness (QED) is 0.358. The highest BCUT2D eigenvalue weighted by atomic mass is 16.5. The molecule has 146 valence electrons. The van der Waals surface area contributed by atoms with Crippen molar-refractivity contribution in [3.05, 3.63) is 108 Å². The molecule has 0 atom stereocenters. The first-order valence-corrected chi connectivity index (χ1v) is 9.84. The Bertz CT molecular complexity index is 1250. The van der Waals surface area contributed by atoms with E-state index in [1.807, 2.05) is 48.5 Å². The summed E-state index contributed by atoms with van der Waals surface area (Å²) in [7, 11) is 0. The van der Waals surface area contributed by atoms with Crippen molar-refractivity contribution in [1.29, 1.82) is 0 Å². The molecule has 0 amide bonds. The average Bonchev–Trinajstić information content (AvgIpc) is 2.78. The third-order valence-electron chi connectivity index (χ3n) is 5.04. The van der Waals surface area contributed by atoms with Gasteiger partial charge in [0.05, 0.1) is 6.57 Å². The van der Waals surface area contributed by atoms with Crippen LogP contribution in [-0.4, -0.2) is 5.11 Å². The van der Waals surface area contributed by atoms with E-state index in [1.165, 1.54) is 6.20 Å². The summed E-state index contributed by atoms with van der Waals surface area (Å²) in [6.07, 6.45) is 4.04. The van der Waals surface area contributed by atoms with Crippen molar-refractivity contribution in [1.82, 2.24) is 0 Å². The van der Waals surface area contributed by atoms with Gasteiger partial charge < -0.3 is 9.84 Å². The summed E-state index contributed by atoms with van der Waals surface area (Å²) in [5.41, 5.74) is 4.26. The minimum Gasteiger partial charge on any atom is -0.508 e. The first-order valence-electron chi connectivity index (χ1n) is 9.84. The number of hydrogen-bond acceptors (Lipinski definition) is 2. The van der Waals surface area contributed by atoms with Gasteiger partial charge in [0.1, 0.15) is 17.2 Å². The van der Waals surface area contributed by atoms with Gasteiger partial charge in [0.25, 0.3) is 0 Å². The summed E-state index contributed by atoms with van der Waals surface area (Å²) in [6.45, 7) is 9.00. The van der Waals surface area contributed by atoms with Crippen LogP contribution in [-0.2, 0) is 6.42 Å². The number of ether oxygens (including phenoxy) is 1. The summed E-state index contributed by atoms with van der Waals surface area (Å²) in [5.74, 6) is 1.73. The number of aromatic hydroxyl groups is 1. The molecule has 4 aromatic carbocycles. The van der Waals surface area contributed by atoms with E-state index in [0.717, 1.165) is 50.9 Å². The van der Waals surface area contributed by atoms with Gasteiger partial charge in [0.15, 0.2) is 6.20 Å². The topological polar surface area (TPSA) is 33.8 Å². The van der Waals surface area contributed by atoms with Crippen LogP contribution in [0.15, 0.2) is 85.1 Å². The van der Waals surface area contributed by atoms with Gasteiger partial charge in [-0.1, -0.05) is 61.5 Å². The SMILES string of the molecule is [C-]#[N+]C=Cc1ccc(Oc2c(-c3ccccc3)c(CC)cc3cc(O)ccc23)cc1. The number of benzene rings is 4. The molecular formula is C27H21NO2. The van der Waals surface area contributed by atoms with Crippen molar-refractivity contribution in [2.24, 2.45) is 0 Å². The lowest BCUT2D eigenvalue weighted by Crippen LogP contribution is -1.96. The van der Waals surface area contributed by atoms with Crippen LogP contribution in [0.1, 0.15) is 18.1 Å². The lowest BCUT2D eigenvalue weighted by molar-refractivity contribution is 0.475. The molecule has 0 aliphatic rings. The Kier molecular flexibility index (Phi) is 5.50. The Balaban J connectivity index is 1.90. The van der Waals surface area contributed by atoms with Crippen LogP contribution < -0.4 is 4.74 Å². The van der Waals surface area contributed by atoms with Gasteiger partial charge in [0, 0.05) is 10.9 Å². The number of phenolic OH excluding ortho intramolecular Hbond substituents is 1. The normalized spacial score (nSPS) is 10.9. The molecule has 0 fully saturated rings. The molecule has 4 aromatic rings. The zero-order valence-electron chi connectivity index (χ0n) is 16.7. The molecule has 0 heterocycles. The maximum atomic E-state index is 9.99. The molecular weight excluding hydrogens is 370 g/mol. The van der Waals surface area contributed by atoms with E-state index in [4.69, 9.17) is 11.3 Å². The van der Waals surface area contributed by atoms with Crippen LogP contribution in [0.25, 0.3) is 32.8 Å². The second kappa shape index (κ2) is 8.55. The lowest BCUT2D eigenvalue weighted by atomic mass is 9.92. The largest absolute Gasteiger partial charge is 0.508 e. The molecule has 0 aromatic heterocycles. The molecule has 0 spiro atoms. The predicted molar refractivity (Wildman–Crippen MR) is 123 cm³/mol. The molecule has 0 unspecified atom stereocenters. The Labute approximate surface area is 176 Å². The van der Waals surface area contributed by atoms with Crippen LogP contribution in [0.2, 0.25) is 0 Å². The highest BCUT2D eigenvalue weighted by Crippen LogP contribution is 2.43. The highest BCUT2D eigenvalue weighted by molar-refractivity contribution is 5.97. The second-order valence-corrected chi connectivity index (χ2v) is 6.98. The van der Waals surface area contributed by atoms with Crippen molar-refractivity contribution in [3.8, 4) is 28.4 Å². The summed E-state index contributed by atoms with van der Waals surface area (Å²) in [4.78, 5) is 3.24. The molecule has 4 rings (SSSR count). The van der Waals surface area contributed by atoms with Crippen molar-refractivity contribution in [3.63, 3.8) is 0 Å². The predicted octanol–water partition coefficient (Wildman–Crippen LogP) is 7.46. The Hall–Kier alpha value is -4.03. The minimum absolute atomic E-state index is 0.235. The molecule has 0 saturated carbocycles. The first kappa shape index (κ1) is 19.3. The van der Waals surface area contributed by atoms with Crippen molar-refractivity contribution >= 4 is 16.8 Å². The average molecular weight is 391 g/mol. The highest BCUT2D eigenvalue weighted by Gasteiger charge is 2.17. The maximum Gasteiger partial charge on any atom is 0.154 e. The smallest absolute Gasteiger partial charge is 0.154 e. The van der Waals surface area contributed by atoms with Crippen molar-refractivity contribution in [2.45, 2.75) is 13.3 Å². The van der Waals surface area contributed by atoms with Gasteiger partial charge in [-0.05, 0) is 58.8 Å². The van der Waals surface area contributed by atoms with Crippen LogP contribution in [0, 0.1) is 6.57 Å². The summed E-state index contributed by atoms with van der Waals surface area (Å²) >= 11 is 0. The van der Waals surface area contributed by atoms with Crippen LogP contribution >= 0.6 is 0 Å². The van der Waals surface area contributed by atoms with E-state index in [0.29, 0.717) is 0 Å². The molecule has 30 heavy (non-hydrogen) atoms. The fourth-order valence-corrected chi connectivity index (χ4v) is 3.61. The number of fused-ring (bicyclic) bond motifs is 1. The maximum absolute atomic E-state index is 9.99. The zero-order chi connectivity index (χ0) is 20.9. The molecule has 0 saturated heterocycles. The Morgan fingerprint density at radius 3 is 2.43 bits per heavy atom. The summed E-state index contributed by atoms with van der Waals surface area (Å²) in [5, 5.41) is 11.9. The Morgan fingerprint density at radius 2 is 1.73 bits per heavy atom. The monoisotopic (exact) mass is 391 g/mol. The van der Waals surface area contributed by atoms with E-state index < -0.39 is 0 Å². The van der Waals surface area contributed by atoms with Crippen LogP contribution in [0.3, 0.4) is 0 Å². The van der Waals surface area contributed by atoms with Gasteiger partial charge in [-0.2, -0.15) is 0 Å². The number of hydrogen-bond donors (Lipinski definition) is 1. The first-order chi connectivity index (χ1) is 14.7. The van der Waals surface area contributed by atoms with Gasteiger partial charge in [-0.15, -0.1) is 0 Å². The van der Waals surface area contributed by atoms with Gasteiger partial charge in [0.2, 0.25) is 0 Å². The number of aryl methyl sites for hydroxylation is 1. The van der Waals surface area contributed by atoms with Gasteiger partial charge >= 0.3 is 0 Å². The molecule has 0 bridgehead atoms. The minimum atomic E-state index is 0.235. The molecule has 1 N–H and O–H groups in total. The number of rotatable bonds is 5. The van der Waals surface area contributed by atoms with Gasteiger partial charge in [-0.3, -0.25) is 0 Å². The van der Waals surface area contributed by atoms with E-state index in [1.54, 1.807) is 18.2 Å². The third-order valence-corrected chi connectivity index (χ3v) is 5.04. The van der Waals surface area contributed by atoms with E-state index in [9.17, 15) is 5.11 Å². The van der Waals surface area contributed by atoms with Crippen LogP contribution in [0.5, 0.6) is 17.2 Å². The number of nitrogens with zero attached hydrogens (tertiary/aromatic N) is 1. The number of phenols is 1. The Morgan fingerprint density at radius 1 is 0.967 bits per heavy atom. The standard InChI is InChI=1S/C27H21NO2/c1-3-20-17-22-18-23(29)11-14-25(22)27(26(20)21-7-5-4-6-8-21)30-24-12-9-19(10-13-24)15-16-28-2/h4-18,29H,3H2,1H3. The van der Waals surface area contributed by atoms with Crippen LogP contribution in [0.4, 0.5) is 0 Å². The second-order valence-electron chi connectivity index (χ2n) is 6.98. The fraction of sp³-hybridized carbons (Fsp3) is 0.0741. The molecule has 0 aliphatic heterocycles.